The van der Waals surface area contributed by atoms with Crippen LogP contribution in [0.15, 0.2) is 83.6 Å². The van der Waals surface area contributed by atoms with Crippen molar-refractivity contribution in [3.8, 4) is 23.0 Å². The first-order chi connectivity index (χ1) is 33.7. The van der Waals surface area contributed by atoms with E-state index in [2.05, 4.69) is 142 Å². The molecule has 10 nitrogen and oxygen atoms in total. The molecule has 0 radical (unpaired) electrons. The van der Waals surface area contributed by atoms with Gasteiger partial charge < -0.3 is 40.5 Å². The van der Waals surface area contributed by atoms with Crippen LogP contribution in [0.5, 0.6) is 23.0 Å². The van der Waals surface area contributed by atoms with Crippen LogP contribution >= 0.6 is 22.7 Å². The van der Waals surface area contributed by atoms with Crippen molar-refractivity contribution in [1.29, 1.82) is 0 Å². The van der Waals surface area contributed by atoms with Gasteiger partial charge in [-0.1, -0.05) is 144 Å². The molecular weight excluding hydrogens is 941 g/mol. The van der Waals surface area contributed by atoms with Crippen LogP contribution in [0, 0.1) is 0 Å². The van der Waals surface area contributed by atoms with Crippen LogP contribution in [-0.4, -0.2) is 58.5 Å². The maximum Gasteiger partial charge on any atom is 0.254 e. The molecule has 384 valence electrons. The Morgan fingerprint density at radius 2 is 0.750 bits per heavy atom. The van der Waals surface area contributed by atoms with Crippen molar-refractivity contribution in [3.05, 3.63) is 160 Å². The van der Waals surface area contributed by atoms with E-state index in [1.54, 1.807) is 24.3 Å². The molecule has 12 heteroatoms. The van der Waals surface area contributed by atoms with E-state index >= 15 is 0 Å². The summed E-state index contributed by atoms with van der Waals surface area (Å²) in [6.45, 7) is 26.5. The monoisotopic (exact) mass is 1010 g/mol. The highest BCUT2D eigenvalue weighted by atomic mass is 32.1. The quantitative estimate of drug-likeness (QED) is 0.0661. The second kappa shape index (κ2) is 21.4. The van der Waals surface area contributed by atoms with E-state index in [1.165, 1.54) is 22.7 Å². The van der Waals surface area contributed by atoms with Gasteiger partial charge in [-0.3, -0.25) is 9.59 Å². The van der Waals surface area contributed by atoms with Gasteiger partial charge in [0.15, 0.2) is 12.2 Å². The van der Waals surface area contributed by atoms with Gasteiger partial charge in [0, 0.05) is 35.4 Å². The fourth-order valence-electron chi connectivity index (χ4n) is 9.02. The largest absolute Gasteiger partial charge is 0.507 e. The number of benzene rings is 4. The summed E-state index contributed by atoms with van der Waals surface area (Å²) in [5.74, 6) is 0.530. The number of phenolic OH excluding ortho intramolecular Hbond substituents is 2. The molecule has 4 aromatic carbocycles. The van der Waals surface area contributed by atoms with Crippen molar-refractivity contribution in [1.82, 2.24) is 10.6 Å². The van der Waals surface area contributed by atoms with Crippen molar-refractivity contribution >= 4 is 34.5 Å². The minimum Gasteiger partial charge on any atom is -0.507 e. The number of carbonyl (C=O) groups excluding carboxylic acids is 2. The summed E-state index contributed by atoms with van der Waals surface area (Å²) in [6.07, 6.45) is -1.34. The first-order valence-electron chi connectivity index (χ1n) is 25.0. The lowest BCUT2D eigenvalue weighted by Gasteiger charge is -2.28. The van der Waals surface area contributed by atoms with Gasteiger partial charge >= 0.3 is 0 Å². The third kappa shape index (κ3) is 12.7. The highest BCUT2D eigenvalue weighted by molar-refractivity contribution is 7.10. The number of carbonyl (C=O) groups is 2. The highest BCUT2D eigenvalue weighted by Crippen LogP contribution is 2.44. The predicted octanol–water partition coefficient (Wildman–Crippen LogP) is 11.5. The lowest BCUT2D eigenvalue weighted by atomic mass is 9.79. The molecule has 6 aromatic rings. The molecule has 0 spiro atoms. The number of amides is 2. The summed E-state index contributed by atoms with van der Waals surface area (Å²) < 4.78 is 13.6. The lowest BCUT2D eigenvalue weighted by molar-refractivity contribution is -0.130. The Morgan fingerprint density at radius 3 is 0.986 bits per heavy atom. The van der Waals surface area contributed by atoms with Gasteiger partial charge in [0.25, 0.3) is 11.8 Å². The molecule has 7 rings (SSSR count). The van der Waals surface area contributed by atoms with Crippen LogP contribution in [0.4, 0.5) is 0 Å². The number of phenols is 2. The third-order valence-electron chi connectivity index (χ3n) is 13.4. The maximum absolute atomic E-state index is 13.1. The van der Waals surface area contributed by atoms with E-state index in [4.69, 9.17) is 9.47 Å². The number of ether oxygens (including phenoxy) is 2. The standard InChI is InChI=1S/C60H74N2O8S2/c1-57(2,3)43-27-35-23-39-31-45(59(7,8)9)33-41(53(39)69-19-17-61-55(67)51(65)47-15-13-21-71-47)25-37-29-44(58(4,5)6)30-38(50(37)64)26-42-34-46(60(10,11)12)32-40(24-36(28-43)49(35)63)54(42)70-20-18-62-56(68)52(66)48-16-14-22-72-48/h13-16,21-22,27-34,51-52,63-66H,17-20,23-26H2,1-12H3,(H,61,67)(H,62,68). The summed E-state index contributed by atoms with van der Waals surface area (Å²) in [4.78, 5) is 27.3. The molecule has 8 bridgehead atoms. The fraction of sp³-hybridized carbons (Fsp3) is 0.433. The molecule has 2 amide bonds. The number of hydrogen-bond donors (Lipinski definition) is 6. The molecule has 1 aliphatic carbocycles. The van der Waals surface area contributed by atoms with Crippen molar-refractivity contribution in [3.63, 3.8) is 0 Å². The van der Waals surface area contributed by atoms with Gasteiger partial charge in [0.05, 0.1) is 13.1 Å². The molecule has 2 aromatic heterocycles. The molecule has 1 aliphatic rings. The number of fused-ring (bicyclic) bond motifs is 8. The Hall–Kier alpha value is -5.66. The maximum atomic E-state index is 13.1. The average Bonchev–Trinajstić information content (AvgIpc) is 4.04. The fourth-order valence-corrected chi connectivity index (χ4v) is 10.4. The Kier molecular flexibility index (Phi) is 16.1. The van der Waals surface area contributed by atoms with Gasteiger partial charge in [-0.25, -0.2) is 0 Å². The third-order valence-corrected chi connectivity index (χ3v) is 15.3. The molecular formula is C60H74N2O8S2. The summed E-state index contributed by atoms with van der Waals surface area (Å²) >= 11 is 2.63. The number of aliphatic hydroxyl groups is 2. The Labute approximate surface area is 434 Å². The van der Waals surface area contributed by atoms with Gasteiger partial charge in [0.1, 0.15) is 36.2 Å². The topological polar surface area (TPSA) is 158 Å². The van der Waals surface area contributed by atoms with Gasteiger partial charge in [-0.2, -0.15) is 0 Å². The van der Waals surface area contributed by atoms with Crippen LogP contribution in [0.2, 0.25) is 0 Å². The van der Waals surface area contributed by atoms with Crippen molar-refractivity contribution < 1.29 is 39.5 Å². The van der Waals surface area contributed by atoms with Crippen LogP contribution in [0.1, 0.15) is 172 Å². The number of aliphatic hydroxyl groups excluding tert-OH is 2. The number of hydrogen-bond acceptors (Lipinski definition) is 10. The smallest absolute Gasteiger partial charge is 0.254 e. The zero-order valence-electron chi connectivity index (χ0n) is 44.1. The van der Waals surface area contributed by atoms with Gasteiger partial charge in [-0.05, 0) is 111 Å². The summed E-state index contributed by atoms with van der Waals surface area (Å²) in [5.41, 5.74) is 9.34. The van der Waals surface area contributed by atoms with E-state index in [0.29, 0.717) is 46.9 Å². The first-order valence-corrected chi connectivity index (χ1v) is 26.7. The molecule has 0 fully saturated rings. The highest BCUT2D eigenvalue weighted by Gasteiger charge is 2.29. The zero-order chi connectivity index (χ0) is 52.5. The minimum atomic E-state index is -1.29. The SMILES string of the molecule is CC(C)(C)c1cc2c(O)c(c1)Cc1cc(C(C)(C)C)cc(c1OCCNC(=O)C(O)c1cccs1)Cc1cc(C(C)(C)C)cc(c1O)Cc1cc(C(C)(C)C)cc(c1OCCNC(=O)C(O)c1cccs1)C2. The molecule has 2 atom stereocenters. The van der Waals surface area contributed by atoms with E-state index < -0.39 is 24.0 Å². The van der Waals surface area contributed by atoms with Crippen molar-refractivity contribution in [2.75, 3.05) is 26.3 Å². The summed E-state index contributed by atoms with van der Waals surface area (Å²) in [7, 11) is 0. The van der Waals surface area contributed by atoms with Crippen LogP contribution in [0.3, 0.4) is 0 Å². The summed E-state index contributed by atoms with van der Waals surface area (Å²) in [6, 6.07) is 24.0. The van der Waals surface area contributed by atoms with E-state index in [-0.39, 0.29) is 59.5 Å². The Bertz CT molecular complexity index is 2600. The normalized spacial score (nSPS) is 14.1. The number of thiophene rings is 2. The number of aromatic hydroxyl groups is 2. The van der Waals surface area contributed by atoms with E-state index in [1.807, 2.05) is 10.8 Å². The first kappa shape index (κ1) is 54.1. The van der Waals surface area contributed by atoms with Crippen molar-refractivity contribution in [2.45, 2.75) is 143 Å². The molecule has 2 unspecified atom stereocenters. The second-order valence-corrected chi connectivity index (χ2v) is 25.3. The molecule has 0 aliphatic heterocycles. The molecule has 72 heavy (non-hydrogen) atoms. The van der Waals surface area contributed by atoms with Crippen LogP contribution < -0.4 is 20.1 Å². The summed E-state index contributed by atoms with van der Waals surface area (Å²) in [5, 5.41) is 56.1. The number of nitrogens with one attached hydrogen (secondary N) is 2. The Balaban J connectivity index is 1.41. The van der Waals surface area contributed by atoms with E-state index in [0.717, 1.165) is 66.8 Å². The molecule has 2 heterocycles. The van der Waals surface area contributed by atoms with Gasteiger partial charge in [-0.15, -0.1) is 22.7 Å². The molecule has 6 N–H and O–H groups in total. The molecule has 0 saturated heterocycles. The average molecular weight is 1020 g/mol. The zero-order valence-corrected chi connectivity index (χ0v) is 45.8. The van der Waals surface area contributed by atoms with Gasteiger partial charge in [0.2, 0.25) is 0 Å². The Morgan fingerprint density at radius 1 is 0.486 bits per heavy atom. The van der Waals surface area contributed by atoms with Crippen LogP contribution in [0.25, 0.3) is 0 Å². The minimum absolute atomic E-state index is 0.0999. The molecule has 0 saturated carbocycles. The van der Waals surface area contributed by atoms with Crippen LogP contribution in [-0.2, 0) is 56.9 Å². The predicted molar refractivity (Wildman–Crippen MR) is 291 cm³/mol. The second-order valence-electron chi connectivity index (χ2n) is 23.4. The number of rotatable bonds is 12. The lowest BCUT2D eigenvalue weighted by Crippen LogP contribution is -2.32. The van der Waals surface area contributed by atoms with Crippen molar-refractivity contribution in [2.24, 2.45) is 0 Å². The van der Waals surface area contributed by atoms with E-state index in [9.17, 15) is 30.0 Å².